The van der Waals surface area contributed by atoms with Gasteiger partial charge in [-0.15, -0.1) is 0 Å². The maximum Gasteiger partial charge on any atom is 0.163 e. The standard InChI is InChI=1S/C41H46N4O4/c1-6-49-37-11-7-32(8-12-37)38-25-31(16-20-42-38)28-45(34-9-13-36(46-3)14-10-34)35-17-21-44(22-18-35)27-30-15-19-43-39(24-30)33-23-29(2)41(48-5)40(26-33)47-4/h7-16,19-20,23-26,35H,6,17-18,21-22,27-28H2,1-5H3. The van der Waals surface area contributed by atoms with E-state index in [0.717, 1.165) is 84.3 Å². The number of nitrogens with zero attached hydrogens (tertiary/aromatic N) is 4. The maximum atomic E-state index is 5.64. The number of ether oxygens (including phenoxy) is 4. The van der Waals surface area contributed by atoms with Crippen LogP contribution in [0, 0.1) is 6.92 Å². The summed E-state index contributed by atoms with van der Waals surface area (Å²) < 4.78 is 22.3. The van der Waals surface area contributed by atoms with Crippen molar-refractivity contribution in [1.82, 2.24) is 14.9 Å². The smallest absolute Gasteiger partial charge is 0.163 e. The normalized spacial score (nSPS) is 13.6. The Hall–Kier alpha value is -5.08. The molecule has 1 aliphatic rings. The first-order chi connectivity index (χ1) is 24.0. The highest BCUT2D eigenvalue weighted by Gasteiger charge is 2.26. The van der Waals surface area contributed by atoms with Gasteiger partial charge >= 0.3 is 0 Å². The van der Waals surface area contributed by atoms with Gasteiger partial charge in [0, 0.05) is 61.4 Å². The summed E-state index contributed by atoms with van der Waals surface area (Å²) in [7, 11) is 5.05. The Morgan fingerprint density at radius 2 is 1.37 bits per heavy atom. The predicted octanol–water partition coefficient (Wildman–Crippen LogP) is 8.21. The average Bonchev–Trinajstić information content (AvgIpc) is 3.14. The molecule has 0 unspecified atom stereocenters. The molecule has 1 saturated heterocycles. The molecule has 6 rings (SSSR count). The topological polar surface area (TPSA) is 69.2 Å². The quantitative estimate of drug-likeness (QED) is 0.125. The monoisotopic (exact) mass is 658 g/mol. The zero-order chi connectivity index (χ0) is 34.2. The lowest BCUT2D eigenvalue weighted by Gasteiger charge is -2.40. The third-order valence-corrected chi connectivity index (χ3v) is 9.23. The van der Waals surface area contributed by atoms with E-state index in [0.29, 0.717) is 18.4 Å². The summed E-state index contributed by atoms with van der Waals surface area (Å²) >= 11 is 0. The molecule has 2 aromatic heterocycles. The van der Waals surface area contributed by atoms with Crippen molar-refractivity contribution < 1.29 is 18.9 Å². The summed E-state index contributed by atoms with van der Waals surface area (Å²) in [5.41, 5.74) is 8.69. The van der Waals surface area contributed by atoms with Crippen LogP contribution in [0.15, 0.2) is 97.3 Å². The molecular weight excluding hydrogens is 612 g/mol. The number of anilines is 1. The first kappa shape index (κ1) is 33.8. The Morgan fingerprint density at radius 3 is 2.02 bits per heavy atom. The van der Waals surface area contributed by atoms with Gasteiger partial charge in [0.2, 0.25) is 0 Å². The number of methoxy groups -OCH3 is 3. The summed E-state index contributed by atoms with van der Waals surface area (Å²) in [5, 5.41) is 0. The van der Waals surface area contributed by atoms with Gasteiger partial charge in [0.1, 0.15) is 11.5 Å². The number of likely N-dealkylation sites (tertiary alicyclic amines) is 1. The van der Waals surface area contributed by atoms with E-state index in [1.165, 1.54) is 16.8 Å². The molecule has 1 fully saturated rings. The van der Waals surface area contributed by atoms with Crippen LogP contribution in [0.2, 0.25) is 0 Å². The molecule has 3 aromatic carbocycles. The van der Waals surface area contributed by atoms with E-state index in [9.17, 15) is 0 Å². The van der Waals surface area contributed by atoms with Crippen LogP contribution in [-0.4, -0.2) is 61.9 Å². The number of aryl methyl sites for hydroxylation is 1. The molecule has 254 valence electrons. The lowest BCUT2D eigenvalue weighted by molar-refractivity contribution is 0.201. The van der Waals surface area contributed by atoms with E-state index in [-0.39, 0.29) is 0 Å². The number of piperidine rings is 1. The SMILES string of the molecule is CCOc1ccc(-c2cc(CN(c3ccc(OC)cc3)C3CCN(Cc4ccnc(-c5cc(C)c(OC)c(OC)c5)c4)CC3)ccn2)cc1. The molecule has 0 bridgehead atoms. The summed E-state index contributed by atoms with van der Waals surface area (Å²) in [6.45, 7) is 8.38. The number of aromatic nitrogens is 2. The highest BCUT2D eigenvalue weighted by Crippen LogP contribution is 2.36. The molecule has 0 radical (unpaired) electrons. The number of hydrogen-bond donors (Lipinski definition) is 0. The van der Waals surface area contributed by atoms with Crippen molar-refractivity contribution in [2.75, 3.05) is 45.9 Å². The van der Waals surface area contributed by atoms with Crippen molar-refractivity contribution >= 4 is 5.69 Å². The Morgan fingerprint density at radius 1 is 0.714 bits per heavy atom. The van der Waals surface area contributed by atoms with Gasteiger partial charge in [-0.05, 0) is 128 Å². The van der Waals surface area contributed by atoms with E-state index < -0.39 is 0 Å². The molecule has 0 spiro atoms. The van der Waals surface area contributed by atoms with E-state index in [1.807, 2.05) is 44.4 Å². The molecule has 0 atom stereocenters. The first-order valence-corrected chi connectivity index (χ1v) is 17.0. The van der Waals surface area contributed by atoms with E-state index in [4.69, 9.17) is 28.9 Å². The van der Waals surface area contributed by atoms with Gasteiger partial charge in [-0.2, -0.15) is 0 Å². The van der Waals surface area contributed by atoms with Gasteiger partial charge in [-0.3, -0.25) is 14.9 Å². The Bertz CT molecular complexity index is 1820. The molecule has 0 aliphatic carbocycles. The van der Waals surface area contributed by atoms with Crippen molar-refractivity contribution in [1.29, 1.82) is 0 Å². The Labute approximate surface area is 290 Å². The predicted molar refractivity (Wildman–Crippen MR) is 196 cm³/mol. The van der Waals surface area contributed by atoms with Gasteiger partial charge in [0.05, 0.1) is 39.3 Å². The highest BCUT2D eigenvalue weighted by atomic mass is 16.5. The molecular formula is C41H46N4O4. The summed E-state index contributed by atoms with van der Waals surface area (Å²) in [6, 6.07) is 29.8. The largest absolute Gasteiger partial charge is 0.497 e. The minimum atomic E-state index is 0.398. The summed E-state index contributed by atoms with van der Waals surface area (Å²) in [4.78, 5) is 14.5. The van der Waals surface area contributed by atoms with Gasteiger partial charge < -0.3 is 23.8 Å². The van der Waals surface area contributed by atoms with Crippen LogP contribution in [0.25, 0.3) is 22.5 Å². The zero-order valence-electron chi connectivity index (χ0n) is 29.2. The molecule has 3 heterocycles. The van der Waals surface area contributed by atoms with E-state index in [1.54, 1.807) is 21.3 Å². The fourth-order valence-corrected chi connectivity index (χ4v) is 6.70. The van der Waals surface area contributed by atoms with Gasteiger partial charge in [0.25, 0.3) is 0 Å². The molecule has 0 N–H and O–H groups in total. The maximum absolute atomic E-state index is 5.64. The van der Waals surface area contributed by atoms with Gasteiger partial charge in [-0.25, -0.2) is 0 Å². The number of pyridine rings is 2. The van der Waals surface area contributed by atoms with Crippen molar-refractivity contribution in [3.63, 3.8) is 0 Å². The third kappa shape index (κ3) is 8.15. The fraction of sp³-hybridized carbons (Fsp3) is 0.317. The van der Waals surface area contributed by atoms with Crippen LogP contribution >= 0.6 is 0 Å². The first-order valence-electron chi connectivity index (χ1n) is 17.0. The molecule has 0 saturated carbocycles. The molecule has 49 heavy (non-hydrogen) atoms. The summed E-state index contributed by atoms with van der Waals surface area (Å²) in [6.07, 6.45) is 5.96. The second-order valence-corrected chi connectivity index (χ2v) is 12.4. The molecule has 0 amide bonds. The average molecular weight is 659 g/mol. The van der Waals surface area contributed by atoms with Crippen LogP contribution in [-0.2, 0) is 13.1 Å². The van der Waals surface area contributed by atoms with Crippen LogP contribution in [0.1, 0.15) is 36.5 Å². The highest BCUT2D eigenvalue weighted by molar-refractivity contribution is 5.67. The lowest BCUT2D eigenvalue weighted by atomic mass is 10.00. The van der Waals surface area contributed by atoms with Crippen molar-refractivity contribution in [3.05, 3.63) is 114 Å². The third-order valence-electron chi connectivity index (χ3n) is 9.23. The van der Waals surface area contributed by atoms with Crippen LogP contribution in [0.4, 0.5) is 5.69 Å². The Kier molecular flexibility index (Phi) is 11.0. The fourth-order valence-electron chi connectivity index (χ4n) is 6.70. The number of hydrogen-bond acceptors (Lipinski definition) is 8. The zero-order valence-corrected chi connectivity index (χ0v) is 29.2. The molecule has 8 heteroatoms. The van der Waals surface area contributed by atoms with Gasteiger partial charge in [0.15, 0.2) is 11.5 Å². The lowest BCUT2D eigenvalue weighted by Crippen LogP contribution is -2.44. The minimum absolute atomic E-state index is 0.398. The van der Waals surface area contributed by atoms with Gasteiger partial charge in [-0.1, -0.05) is 0 Å². The van der Waals surface area contributed by atoms with Crippen molar-refractivity contribution in [3.8, 4) is 45.5 Å². The van der Waals surface area contributed by atoms with Crippen LogP contribution in [0.5, 0.6) is 23.0 Å². The van der Waals surface area contributed by atoms with Crippen LogP contribution in [0.3, 0.4) is 0 Å². The second kappa shape index (κ2) is 15.9. The molecule has 5 aromatic rings. The second-order valence-electron chi connectivity index (χ2n) is 12.4. The minimum Gasteiger partial charge on any atom is -0.497 e. The summed E-state index contributed by atoms with van der Waals surface area (Å²) in [5.74, 6) is 3.20. The van der Waals surface area contributed by atoms with E-state index in [2.05, 4.69) is 76.5 Å². The Balaban J connectivity index is 1.16. The van der Waals surface area contributed by atoms with E-state index >= 15 is 0 Å². The number of rotatable bonds is 13. The number of benzene rings is 3. The molecule has 8 nitrogen and oxygen atoms in total. The van der Waals surface area contributed by atoms with Crippen molar-refractivity contribution in [2.45, 2.75) is 45.8 Å². The van der Waals surface area contributed by atoms with Crippen LogP contribution < -0.4 is 23.8 Å². The molecule has 1 aliphatic heterocycles. The van der Waals surface area contributed by atoms with Crippen molar-refractivity contribution in [2.24, 2.45) is 0 Å².